The van der Waals surface area contributed by atoms with Gasteiger partial charge in [-0.25, -0.2) is 0 Å². The van der Waals surface area contributed by atoms with Crippen molar-refractivity contribution in [3.05, 3.63) is 28.2 Å². The van der Waals surface area contributed by atoms with Crippen LogP contribution in [0.25, 0.3) is 0 Å². The highest BCUT2D eigenvalue weighted by molar-refractivity contribution is 6.39. The van der Waals surface area contributed by atoms with Crippen LogP contribution in [-0.4, -0.2) is 11.9 Å². The molecule has 0 amide bonds. The van der Waals surface area contributed by atoms with Crippen LogP contribution in [0.3, 0.4) is 0 Å². The minimum atomic E-state index is 0.152. The summed E-state index contributed by atoms with van der Waals surface area (Å²) >= 11 is 17.5. The molecule has 1 rings (SSSR count). The molecule has 0 aliphatic heterocycles. The van der Waals surface area contributed by atoms with Gasteiger partial charge in [0.2, 0.25) is 0 Å². The Kier molecular flexibility index (Phi) is 4.17. The van der Waals surface area contributed by atoms with Crippen LogP contribution < -0.4 is 5.32 Å². The summed E-state index contributed by atoms with van der Waals surface area (Å²) in [5.41, 5.74) is 0.749. The summed E-state index contributed by atoms with van der Waals surface area (Å²) in [7, 11) is 0. The number of nitrogens with one attached hydrogen (secondary N) is 1. The van der Waals surface area contributed by atoms with E-state index in [0.29, 0.717) is 15.9 Å². The Balaban J connectivity index is 2.87. The first kappa shape index (κ1) is 11.0. The summed E-state index contributed by atoms with van der Waals surface area (Å²) in [6, 6.07) is 5.54. The van der Waals surface area contributed by atoms with Gasteiger partial charge in [-0.05, 0) is 19.1 Å². The zero-order valence-electron chi connectivity index (χ0n) is 7.15. The van der Waals surface area contributed by atoms with Crippen molar-refractivity contribution in [2.24, 2.45) is 0 Å². The lowest BCUT2D eigenvalue weighted by Crippen LogP contribution is -2.16. The van der Waals surface area contributed by atoms with E-state index in [1.165, 1.54) is 0 Å². The van der Waals surface area contributed by atoms with E-state index >= 15 is 0 Å². The summed E-state index contributed by atoms with van der Waals surface area (Å²) in [5.74, 6) is 0.515. The molecule has 0 fully saturated rings. The van der Waals surface area contributed by atoms with Crippen molar-refractivity contribution in [3.63, 3.8) is 0 Å². The molecule has 1 aromatic carbocycles. The van der Waals surface area contributed by atoms with Crippen LogP contribution in [0.4, 0.5) is 5.69 Å². The lowest BCUT2D eigenvalue weighted by molar-refractivity contribution is 0.908. The topological polar surface area (TPSA) is 12.0 Å². The standard InChI is InChI=1S/C9H10Cl3N/c1-6(5-10)13-9-7(11)3-2-4-8(9)12/h2-4,6,13H,5H2,1H3. The average molecular weight is 239 g/mol. The molecule has 1 nitrogen and oxygen atoms in total. The van der Waals surface area contributed by atoms with Crippen molar-refractivity contribution >= 4 is 40.5 Å². The second-order valence-electron chi connectivity index (χ2n) is 2.80. The number of para-hydroxylation sites is 1. The molecule has 1 unspecified atom stereocenters. The Hall–Kier alpha value is -0.110. The van der Waals surface area contributed by atoms with Crippen LogP contribution in [0.15, 0.2) is 18.2 Å². The molecule has 0 aromatic heterocycles. The summed E-state index contributed by atoms with van der Waals surface area (Å²) in [5, 5.41) is 4.36. The van der Waals surface area contributed by atoms with Gasteiger partial charge in [-0.3, -0.25) is 0 Å². The second kappa shape index (κ2) is 4.94. The highest BCUT2D eigenvalue weighted by Crippen LogP contribution is 2.30. The second-order valence-corrected chi connectivity index (χ2v) is 3.92. The minimum Gasteiger partial charge on any atom is -0.379 e. The van der Waals surface area contributed by atoms with Crippen molar-refractivity contribution in [3.8, 4) is 0 Å². The molecule has 0 saturated heterocycles. The molecule has 0 bridgehead atoms. The molecule has 1 aromatic rings. The average Bonchev–Trinajstić information content (AvgIpc) is 2.11. The van der Waals surface area contributed by atoms with Gasteiger partial charge in [0, 0.05) is 11.9 Å². The number of hydrogen-bond acceptors (Lipinski definition) is 1. The van der Waals surface area contributed by atoms with Crippen LogP contribution in [-0.2, 0) is 0 Å². The van der Waals surface area contributed by atoms with E-state index in [1.54, 1.807) is 18.2 Å². The van der Waals surface area contributed by atoms with E-state index in [-0.39, 0.29) is 6.04 Å². The van der Waals surface area contributed by atoms with Crippen LogP contribution in [0, 0.1) is 0 Å². The van der Waals surface area contributed by atoms with Crippen molar-refractivity contribution in [2.75, 3.05) is 11.2 Å². The zero-order valence-corrected chi connectivity index (χ0v) is 9.42. The number of hydrogen-bond donors (Lipinski definition) is 1. The first-order valence-electron chi connectivity index (χ1n) is 3.91. The molecule has 72 valence electrons. The van der Waals surface area contributed by atoms with E-state index in [4.69, 9.17) is 34.8 Å². The fraction of sp³-hybridized carbons (Fsp3) is 0.333. The number of alkyl halides is 1. The molecule has 0 heterocycles. The minimum absolute atomic E-state index is 0.152. The molecule has 1 atom stereocenters. The van der Waals surface area contributed by atoms with Crippen LogP contribution in [0.2, 0.25) is 10.0 Å². The van der Waals surface area contributed by atoms with E-state index in [0.717, 1.165) is 5.69 Å². The fourth-order valence-corrected chi connectivity index (χ4v) is 1.50. The Labute approximate surface area is 93.0 Å². The van der Waals surface area contributed by atoms with E-state index < -0.39 is 0 Å². The lowest BCUT2D eigenvalue weighted by atomic mass is 10.3. The van der Waals surface area contributed by atoms with Gasteiger partial charge >= 0.3 is 0 Å². The molecule has 0 aliphatic carbocycles. The van der Waals surface area contributed by atoms with Crippen LogP contribution in [0.1, 0.15) is 6.92 Å². The summed E-state index contributed by atoms with van der Waals surface area (Å²) in [6.45, 7) is 1.96. The van der Waals surface area contributed by atoms with Gasteiger partial charge < -0.3 is 5.32 Å². The predicted molar refractivity (Wildman–Crippen MR) is 60.3 cm³/mol. The highest BCUT2D eigenvalue weighted by Gasteiger charge is 2.07. The van der Waals surface area contributed by atoms with Gasteiger partial charge in [0.25, 0.3) is 0 Å². The fourth-order valence-electron chi connectivity index (χ4n) is 0.921. The highest BCUT2D eigenvalue weighted by atomic mass is 35.5. The van der Waals surface area contributed by atoms with Crippen LogP contribution in [0.5, 0.6) is 0 Å². The molecule has 13 heavy (non-hydrogen) atoms. The molecule has 0 saturated carbocycles. The Bertz CT molecular complexity index is 268. The molecule has 4 heteroatoms. The third-order valence-electron chi connectivity index (χ3n) is 1.58. The number of halogens is 3. The number of rotatable bonds is 3. The third-order valence-corrected chi connectivity index (χ3v) is 2.68. The van der Waals surface area contributed by atoms with E-state index in [2.05, 4.69) is 5.32 Å². The van der Waals surface area contributed by atoms with Gasteiger partial charge in [0.1, 0.15) is 0 Å². The van der Waals surface area contributed by atoms with Gasteiger partial charge in [-0.1, -0.05) is 29.3 Å². The largest absolute Gasteiger partial charge is 0.379 e. The molecule has 0 aliphatic rings. The van der Waals surface area contributed by atoms with Crippen molar-refractivity contribution < 1.29 is 0 Å². The normalized spacial score (nSPS) is 12.6. The zero-order chi connectivity index (χ0) is 9.84. The monoisotopic (exact) mass is 237 g/mol. The molecule has 1 N–H and O–H groups in total. The summed E-state index contributed by atoms with van der Waals surface area (Å²) in [6.07, 6.45) is 0. The van der Waals surface area contributed by atoms with Crippen molar-refractivity contribution in [2.45, 2.75) is 13.0 Å². The molecular weight excluding hydrogens is 228 g/mol. The van der Waals surface area contributed by atoms with Gasteiger partial charge in [-0.2, -0.15) is 0 Å². The smallest absolute Gasteiger partial charge is 0.0721 e. The first-order chi connectivity index (χ1) is 6.15. The van der Waals surface area contributed by atoms with Gasteiger partial charge in [0.15, 0.2) is 0 Å². The SMILES string of the molecule is CC(CCl)Nc1c(Cl)cccc1Cl. The van der Waals surface area contributed by atoms with Crippen molar-refractivity contribution in [1.82, 2.24) is 0 Å². The number of anilines is 1. The van der Waals surface area contributed by atoms with E-state index in [1.807, 2.05) is 6.92 Å². The maximum Gasteiger partial charge on any atom is 0.0721 e. The van der Waals surface area contributed by atoms with E-state index in [9.17, 15) is 0 Å². The maximum absolute atomic E-state index is 5.94. The molecular formula is C9H10Cl3N. The molecule has 0 spiro atoms. The Morgan fingerprint density at radius 2 is 1.85 bits per heavy atom. The first-order valence-corrected chi connectivity index (χ1v) is 5.20. The van der Waals surface area contributed by atoms with Gasteiger partial charge in [-0.15, -0.1) is 11.6 Å². The Morgan fingerprint density at radius 3 is 2.31 bits per heavy atom. The molecule has 0 radical (unpaired) electrons. The van der Waals surface area contributed by atoms with Crippen molar-refractivity contribution in [1.29, 1.82) is 0 Å². The Morgan fingerprint density at radius 1 is 1.31 bits per heavy atom. The predicted octanol–water partition coefficient (Wildman–Crippen LogP) is 4.03. The third kappa shape index (κ3) is 2.94. The van der Waals surface area contributed by atoms with Gasteiger partial charge in [0.05, 0.1) is 15.7 Å². The lowest BCUT2D eigenvalue weighted by Gasteiger charge is -2.14. The number of benzene rings is 1. The van der Waals surface area contributed by atoms with Crippen LogP contribution >= 0.6 is 34.8 Å². The summed E-state index contributed by atoms with van der Waals surface area (Å²) in [4.78, 5) is 0. The summed E-state index contributed by atoms with van der Waals surface area (Å²) < 4.78 is 0. The maximum atomic E-state index is 5.94. The quantitative estimate of drug-likeness (QED) is 0.784.